The summed E-state index contributed by atoms with van der Waals surface area (Å²) in [7, 11) is 0. The van der Waals surface area contributed by atoms with Crippen LogP contribution in [0.1, 0.15) is 18.9 Å². The molecule has 0 aliphatic carbocycles. The molecule has 0 aromatic heterocycles. The molecule has 3 nitrogen and oxygen atoms in total. The first-order valence-electron chi connectivity index (χ1n) is 7.64. The fourth-order valence-corrected chi connectivity index (χ4v) is 3.56. The number of carbonyl (C=O) groups is 1. The Bertz CT molecular complexity index is 712. The monoisotopic (exact) mass is 348 g/mol. The molecule has 0 saturated heterocycles. The number of hydrogen-bond acceptors (Lipinski definition) is 2. The molecule has 0 radical (unpaired) electrons. The molecule has 1 aliphatic rings. The van der Waals surface area contributed by atoms with Gasteiger partial charge in [0.05, 0.1) is 0 Å². The molecule has 2 aromatic carbocycles. The summed E-state index contributed by atoms with van der Waals surface area (Å²) in [4.78, 5) is 14.5. The highest BCUT2D eigenvalue weighted by molar-refractivity contribution is 6.35. The van der Waals surface area contributed by atoms with Crippen LogP contribution >= 0.6 is 23.2 Å². The molecule has 1 atom stereocenters. The van der Waals surface area contributed by atoms with Crippen LogP contribution in [0, 0.1) is 0 Å². The molecule has 1 unspecified atom stereocenters. The van der Waals surface area contributed by atoms with Crippen LogP contribution in [-0.2, 0) is 11.2 Å². The summed E-state index contributed by atoms with van der Waals surface area (Å²) in [6, 6.07) is 13.6. The van der Waals surface area contributed by atoms with Crippen LogP contribution in [0.15, 0.2) is 42.5 Å². The molecule has 1 N–H and O–H groups in total. The smallest absolute Gasteiger partial charge is 0.229 e. The zero-order valence-corrected chi connectivity index (χ0v) is 14.4. The largest absolute Gasteiger partial charge is 0.384 e. The van der Waals surface area contributed by atoms with E-state index in [1.165, 1.54) is 5.56 Å². The summed E-state index contributed by atoms with van der Waals surface area (Å²) in [6.45, 7) is 2.63. The summed E-state index contributed by atoms with van der Waals surface area (Å²) in [5.41, 5.74) is 3.10. The highest BCUT2D eigenvalue weighted by Crippen LogP contribution is 2.32. The van der Waals surface area contributed by atoms with Gasteiger partial charge in [0.15, 0.2) is 0 Å². The van der Waals surface area contributed by atoms with Crippen LogP contribution in [-0.4, -0.2) is 18.5 Å². The lowest BCUT2D eigenvalue weighted by molar-refractivity contribution is -0.118. The van der Waals surface area contributed by atoms with Gasteiger partial charge < -0.3 is 10.2 Å². The van der Waals surface area contributed by atoms with Crippen molar-refractivity contribution < 1.29 is 4.79 Å². The fourth-order valence-electron chi connectivity index (χ4n) is 3.04. The van der Waals surface area contributed by atoms with Crippen molar-refractivity contribution in [2.24, 2.45) is 0 Å². The second-order valence-electron chi connectivity index (χ2n) is 5.78. The average molecular weight is 349 g/mol. The predicted octanol–water partition coefficient (Wildman–Crippen LogP) is 4.77. The Balaban J connectivity index is 1.62. The summed E-state index contributed by atoms with van der Waals surface area (Å²) in [6.07, 6.45) is 1.34. The lowest BCUT2D eigenvalue weighted by Crippen LogP contribution is -2.36. The number of carbonyl (C=O) groups excluding carboxylic acids is 1. The Morgan fingerprint density at radius 2 is 1.91 bits per heavy atom. The van der Waals surface area contributed by atoms with Crippen molar-refractivity contribution in [1.29, 1.82) is 0 Å². The molecule has 2 aromatic rings. The second-order valence-corrected chi connectivity index (χ2v) is 6.65. The van der Waals surface area contributed by atoms with E-state index in [2.05, 4.69) is 18.3 Å². The van der Waals surface area contributed by atoms with Crippen LogP contribution < -0.4 is 10.2 Å². The Morgan fingerprint density at radius 1 is 1.22 bits per heavy atom. The third kappa shape index (κ3) is 3.62. The lowest BCUT2D eigenvalue weighted by atomic mass is 10.1. The van der Waals surface area contributed by atoms with Crippen molar-refractivity contribution in [3.05, 3.63) is 58.1 Å². The molecule has 0 bridgehead atoms. The van der Waals surface area contributed by atoms with Crippen molar-refractivity contribution in [2.45, 2.75) is 25.8 Å². The van der Waals surface area contributed by atoms with Crippen molar-refractivity contribution >= 4 is 40.5 Å². The number of anilines is 2. The van der Waals surface area contributed by atoms with Gasteiger partial charge in [-0.05, 0) is 43.2 Å². The summed E-state index contributed by atoms with van der Waals surface area (Å²) in [5.74, 6) is 0.128. The minimum absolute atomic E-state index is 0.128. The van der Waals surface area contributed by atoms with Gasteiger partial charge in [-0.1, -0.05) is 41.4 Å². The van der Waals surface area contributed by atoms with E-state index in [1.807, 2.05) is 23.1 Å². The number of nitrogens with one attached hydrogen (secondary N) is 1. The van der Waals surface area contributed by atoms with Crippen molar-refractivity contribution in [3.63, 3.8) is 0 Å². The predicted molar refractivity (Wildman–Crippen MR) is 96.7 cm³/mol. The molecule has 5 heteroatoms. The van der Waals surface area contributed by atoms with Crippen LogP contribution in [0.25, 0.3) is 0 Å². The molecule has 1 heterocycles. The number of nitrogens with zero attached hydrogens (tertiary/aromatic N) is 1. The standard InChI is InChI=1S/C18H18Cl2N2O/c1-12-8-13-4-2-3-5-17(13)22(12)18(23)6-7-21-16-10-14(19)9-15(20)11-16/h2-5,9-12,21H,6-8H2,1H3. The first kappa shape index (κ1) is 16.2. The molecular formula is C18H18Cl2N2O. The number of para-hydroxylation sites is 1. The van der Waals surface area contributed by atoms with Crippen molar-refractivity contribution in [2.75, 3.05) is 16.8 Å². The van der Waals surface area contributed by atoms with Crippen LogP contribution in [0.5, 0.6) is 0 Å². The number of amides is 1. The molecule has 0 saturated carbocycles. The molecular weight excluding hydrogens is 331 g/mol. The molecule has 1 amide bonds. The van der Waals surface area contributed by atoms with Crippen LogP contribution in [0.3, 0.4) is 0 Å². The van der Waals surface area contributed by atoms with E-state index in [-0.39, 0.29) is 11.9 Å². The van der Waals surface area contributed by atoms with Gasteiger partial charge in [-0.3, -0.25) is 4.79 Å². The minimum atomic E-state index is 0.128. The van der Waals surface area contributed by atoms with Crippen LogP contribution in [0.4, 0.5) is 11.4 Å². The highest BCUT2D eigenvalue weighted by Gasteiger charge is 2.29. The van der Waals surface area contributed by atoms with E-state index in [9.17, 15) is 4.79 Å². The van der Waals surface area contributed by atoms with Gasteiger partial charge in [-0.25, -0.2) is 0 Å². The summed E-state index contributed by atoms with van der Waals surface area (Å²) in [5, 5.41) is 4.36. The molecule has 1 aliphatic heterocycles. The van der Waals surface area contributed by atoms with E-state index < -0.39 is 0 Å². The maximum absolute atomic E-state index is 12.6. The zero-order valence-electron chi connectivity index (χ0n) is 12.9. The number of hydrogen-bond donors (Lipinski definition) is 1. The van der Waals surface area contributed by atoms with Gasteiger partial charge in [-0.15, -0.1) is 0 Å². The van der Waals surface area contributed by atoms with Gasteiger partial charge in [0.25, 0.3) is 0 Å². The van der Waals surface area contributed by atoms with Crippen molar-refractivity contribution in [3.8, 4) is 0 Å². The molecule has 23 heavy (non-hydrogen) atoms. The van der Waals surface area contributed by atoms with Gasteiger partial charge in [0.2, 0.25) is 5.91 Å². The van der Waals surface area contributed by atoms with E-state index in [4.69, 9.17) is 23.2 Å². The van der Waals surface area contributed by atoms with E-state index in [0.29, 0.717) is 23.0 Å². The van der Waals surface area contributed by atoms with Gasteiger partial charge in [0, 0.05) is 40.4 Å². The SMILES string of the molecule is CC1Cc2ccccc2N1C(=O)CCNc1cc(Cl)cc(Cl)c1. The van der Waals surface area contributed by atoms with Crippen LogP contribution in [0.2, 0.25) is 10.0 Å². The normalized spacial score (nSPS) is 16.3. The number of fused-ring (bicyclic) bond motifs is 1. The van der Waals surface area contributed by atoms with Gasteiger partial charge >= 0.3 is 0 Å². The Labute approximate surface area is 146 Å². The third-order valence-corrected chi connectivity index (χ3v) is 4.44. The maximum Gasteiger partial charge on any atom is 0.229 e. The Morgan fingerprint density at radius 3 is 2.65 bits per heavy atom. The third-order valence-electron chi connectivity index (χ3n) is 4.01. The van der Waals surface area contributed by atoms with Crippen molar-refractivity contribution in [1.82, 2.24) is 0 Å². The first-order chi connectivity index (χ1) is 11.0. The van der Waals surface area contributed by atoms with E-state index in [0.717, 1.165) is 17.8 Å². The zero-order chi connectivity index (χ0) is 16.4. The van der Waals surface area contributed by atoms with E-state index >= 15 is 0 Å². The summed E-state index contributed by atoms with van der Waals surface area (Å²) >= 11 is 11.9. The Kier molecular flexibility index (Phi) is 4.79. The van der Waals surface area contributed by atoms with Gasteiger partial charge in [-0.2, -0.15) is 0 Å². The fraction of sp³-hybridized carbons (Fsp3) is 0.278. The quantitative estimate of drug-likeness (QED) is 0.862. The summed E-state index contributed by atoms with van der Waals surface area (Å²) < 4.78 is 0. The topological polar surface area (TPSA) is 32.3 Å². The molecule has 3 rings (SSSR count). The Hall–Kier alpha value is -1.71. The highest BCUT2D eigenvalue weighted by atomic mass is 35.5. The maximum atomic E-state index is 12.6. The molecule has 120 valence electrons. The average Bonchev–Trinajstić information content (AvgIpc) is 2.82. The molecule has 0 spiro atoms. The van der Waals surface area contributed by atoms with E-state index in [1.54, 1.807) is 18.2 Å². The van der Waals surface area contributed by atoms with Gasteiger partial charge in [0.1, 0.15) is 0 Å². The number of benzene rings is 2. The lowest BCUT2D eigenvalue weighted by Gasteiger charge is -2.23. The number of rotatable bonds is 4. The molecule has 0 fully saturated rings. The number of halogens is 2. The minimum Gasteiger partial charge on any atom is -0.384 e. The first-order valence-corrected chi connectivity index (χ1v) is 8.40. The second kappa shape index (κ2) is 6.81.